The zero-order valence-corrected chi connectivity index (χ0v) is 15.8. The third-order valence-corrected chi connectivity index (χ3v) is 4.63. The van der Waals surface area contributed by atoms with E-state index < -0.39 is 0 Å². The van der Waals surface area contributed by atoms with Gasteiger partial charge in [-0.1, -0.05) is 24.3 Å². The molecule has 1 aliphatic rings. The highest BCUT2D eigenvalue weighted by molar-refractivity contribution is 5.94. The molecule has 1 aromatic heterocycles. The van der Waals surface area contributed by atoms with Crippen LogP contribution < -0.4 is 15.4 Å². The first-order valence-electron chi connectivity index (χ1n) is 9.38. The number of benzene rings is 2. The molecule has 8 heteroatoms. The molecule has 148 valence electrons. The van der Waals surface area contributed by atoms with E-state index in [9.17, 15) is 9.59 Å². The van der Waals surface area contributed by atoms with Gasteiger partial charge in [0, 0.05) is 18.7 Å². The van der Waals surface area contributed by atoms with Crippen molar-refractivity contribution in [3.63, 3.8) is 0 Å². The molecular weight excluding hydrogens is 370 g/mol. The molecule has 29 heavy (non-hydrogen) atoms. The van der Waals surface area contributed by atoms with Crippen molar-refractivity contribution in [3.8, 4) is 5.75 Å². The zero-order valence-electron chi connectivity index (χ0n) is 15.8. The number of anilines is 1. The molecule has 0 atom stereocenters. The number of ether oxygens (including phenoxy) is 1. The number of nitrogens with zero attached hydrogens (tertiary/aromatic N) is 3. The molecule has 3 aromatic rings. The molecule has 0 radical (unpaired) electrons. The number of nitrogens with one attached hydrogen (secondary N) is 2. The smallest absolute Gasteiger partial charge is 0.258 e. The van der Waals surface area contributed by atoms with Crippen LogP contribution in [0.5, 0.6) is 5.75 Å². The van der Waals surface area contributed by atoms with Crippen LogP contribution in [0, 0.1) is 0 Å². The maximum atomic E-state index is 12.1. The van der Waals surface area contributed by atoms with Gasteiger partial charge in [0.2, 0.25) is 5.91 Å². The third kappa shape index (κ3) is 4.98. The monoisotopic (exact) mass is 391 g/mol. The molecule has 0 unspecified atom stereocenters. The zero-order chi connectivity index (χ0) is 20.1. The molecule has 1 aliphatic heterocycles. The molecule has 2 heterocycles. The highest BCUT2D eigenvalue weighted by Gasteiger charge is 2.15. The van der Waals surface area contributed by atoms with Gasteiger partial charge in [-0.25, -0.2) is 9.67 Å². The molecular formula is C21H21N5O3. The lowest BCUT2D eigenvalue weighted by Crippen LogP contribution is -2.28. The molecule has 2 N–H and O–H groups in total. The average molecular weight is 391 g/mol. The van der Waals surface area contributed by atoms with Crippen molar-refractivity contribution in [1.29, 1.82) is 0 Å². The molecule has 0 fully saturated rings. The van der Waals surface area contributed by atoms with Crippen LogP contribution in [-0.4, -0.2) is 33.2 Å². The summed E-state index contributed by atoms with van der Waals surface area (Å²) in [7, 11) is 0. The van der Waals surface area contributed by atoms with Crippen LogP contribution in [0.25, 0.3) is 0 Å². The summed E-state index contributed by atoms with van der Waals surface area (Å²) in [4.78, 5) is 27.5. The second kappa shape index (κ2) is 8.55. The second-order valence-electron chi connectivity index (χ2n) is 6.85. The maximum absolute atomic E-state index is 12.1. The highest BCUT2D eigenvalue weighted by Crippen LogP contribution is 2.26. The van der Waals surface area contributed by atoms with E-state index in [-0.39, 0.29) is 18.4 Å². The van der Waals surface area contributed by atoms with E-state index in [4.69, 9.17) is 4.74 Å². The Balaban J connectivity index is 1.27. The van der Waals surface area contributed by atoms with E-state index in [2.05, 4.69) is 20.7 Å². The maximum Gasteiger partial charge on any atom is 0.258 e. The summed E-state index contributed by atoms with van der Waals surface area (Å²) in [6, 6.07) is 13.4. The first-order valence-corrected chi connectivity index (χ1v) is 9.38. The van der Waals surface area contributed by atoms with Gasteiger partial charge >= 0.3 is 0 Å². The topological polar surface area (TPSA) is 98.1 Å². The second-order valence-corrected chi connectivity index (χ2v) is 6.85. The van der Waals surface area contributed by atoms with Gasteiger partial charge in [-0.15, -0.1) is 0 Å². The van der Waals surface area contributed by atoms with Crippen molar-refractivity contribution in [2.45, 2.75) is 25.9 Å². The van der Waals surface area contributed by atoms with Crippen molar-refractivity contribution >= 4 is 17.5 Å². The number of carbonyl (C=O) groups excluding carboxylic acids is 2. The fourth-order valence-electron chi connectivity index (χ4n) is 3.19. The number of amides is 2. The van der Waals surface area contributed by atoms with Crippen molar-refractivity contribution in [2.24, 2.45) is 0 Å². The van der Waals surface area contributed by atoms with Gasteiger partial charge in [-0.2, -0.15) is 5.10 Å². The standard InChI is InChI=1S/C21H21N5O3/c27-20-7-4-17-9-18(5-6-19(17)25-20)29-12-21(28)23-10-15-2-1-3-16(8-15)11-26-14-22-13-24-26/h1-3,5-6,8-9,13-14H,4,7,10-12H2,(H,23,28)(H,25,27). The third-order valence-electron chi connectivity index (χ3n) is 4.63. The molecule has 2 amide bonds. The normalized spacial score (nSPS) is 12.8. The molecule has 0 aliphatic carbocycles. The van der Waals surface area contributed by atoms with Gasteiger partial charge in [0.1, 0.15) is 18.4 Å². The molecule has 0 saturated heterocycles. The van der Waals surface area contributed by atoms with E-state index in [1.807, 2.05) is 30.3 Å². The lowest BCUT2D eigenvalue weighted by atomic mass is 10.0. The quantitative estimate of drug-likeness (QED) is 0.641. The number of aryl methyl sites for hydroxylation is 1. The molecule has 8 nitrogen and oxygen atoms in total. The Bertz CT molecular complexity index is 1020. The summed E-state index contributed by atoms with van der Waals surface area (Å²) < 4.78 is 7.35. The van der Waals surface area contributed by atoms with Crippen LogP contribution in [0.1, 0.15) is 23.1 Å². The first kappa shape index (κ1) is 18.7. The van der Waals surface area contributed by atoms with Gasteiger partial charge in [0.15, 0.2) is 6.61 Å². The molecule has 0 spiro atoms. The van der Waals surface area contributed by atoms with Gasteiger partial charge in [-0.05, 0) is 41.3 Å². The first-order chi connectivity index (χ1) is 14.2. The molecule has 0 saturated carbocycles. The minimum atomic E-state index is -0.197. The number of aromatic nitrogens is 3. The van der Waals surface area contributed by atoms with Crippen molar-refractivity contribution in [3.05, 3.63) is 71.8 Å². The van der Waals surface area contributed by atoms with Crippen LogP contribution in [0.15, 0.2) is 55.1 Å². The Hall–Kier alpha value is -3.68. The summed E-state index contributed by atoms with van der Waals surface area (Å²) in [6.45, 7) is 0.983. The lowest BCUT2D eigenvalue weighted by molar-refractivity contribution is -0.123. The largest absolute Gasteiger partial charge is 0.484 e. The Morgan fingerprint density at radius 1 is 1.17 bits per heavy atom. The van der Waals surface area contributed by atoms with E-state index in [0.29, 0.717) is 31.7 Å². The summed E-state index contributed by atoms with van der Waals surface area (Å²) >= 11 is 0. The summed E-state index contributed by atoms with van der Waals surface area (Å²) in [5, 5.41) is 9.79. The van der Waals surface area contributed by atoms with Crippen LogP contribution >= 0.6 is 0 Å². The highest BCUT2D eigenvalue weighted by atomic mass is 16.5. The number of hydrogen-bond donors (Lipinski definition) is 2. The van der Waals surface area contributed by atoms with Gasteiger partial charge in [-0.3, -0.25) is 9.59 Å². The summed E-state index contributed by atoms with van der Waals surface area (Å²) in [6.07, 6.45) is 4.31. The van der Waals surface area contributed by atoms with Crippen molar-refractivity contribution < 1.29 is 14.3 Å². The Kier molecular flexibility index (Phi) is 5.51. The fraction of sp³-hybridized carbons (Fsp3) is 0.238. The minimum absolute atomic E-state index is 0.0240. The van der Waals surface area contributed by atoms with Crippen LogP contribution in [0.4, 0.5) is 5.69 Å². The average Bonchev–Trinajstić information content (AvgIpc) is 3.24. The summed E-state index contributed by atoms with van der Waals surface area (Å²) in [5.41, 5.74) is 3.91. The van der Waals surface area contributed by atoms with Gasteiger partial charge < -0.3 is 15.4 Å². The Morgan fingerprint density at radius 3 is 2.93 bits per heavy atom. The predicted octanol–water partition coefficient (Wildman–Crippen LogP) is 1.91. The molecule has 4 rings (SSSR count). The fourth-order valence-corrected chi connectivity index (χ4v) is 3.19. The number of hydrogen-bond acceptors (Lipinski definition) is 5. The predicted molar refractivity (Wildman–Crippen MR) is 106 cm³/mol. The van der Waals surface area contributed by atoms with Crippen molar-refractivity contribution in [2.75, 3.05) is 11.9 Å². The SMILES string of the molecule is O=C(COc1ccc2c(c1)CCC(=O)N2)NCc1cccc(Cn2cncn2)c1. The lowest BCUT2D eigenvalue weighted by Gasteiger charge is -2.17. The number of fused-ring (bicyclic) bond motifs is 1. The van der Waals surface area contributed by atoms with Gasteiger partial charge in [0.25, 0.3) is 5.91 Å². The number of rotatable bonds is 7. The Morgan fingerprint density at radius 2 is 2.07 bits per heavy atom. The van der Waals surface area contributed by atoms with E-state index >= 15 is 0 Å². The van der Waals surface area contributed by atoms with E-state index in [0.717, 1.165) is 22.4 Å². The van der Waals surface area contributed by atoms with Crippen molar-refractivity contribution in [1.82, 2.24) is 20.1 Å². The summed E-state index contributed by atoms with van der Waals surface area (Å²) in [5.74, 6) is 0.443. The molecule has 2 aromatic carbocycles. The minimum Gasteiger partial charge on any atom is -0.484 e. The molecule has 0 bridgehead atoms. The van der Waals surface area contributed by atoms with Crippen LogP contribution in [0.2, 0.25) is 0 Å². The van der Waals surface area contributed by atoms with Crippen LogP contribution in [0.3, 0.4) is 0 Å². The van der Waals surface area contributed by atoms with E-state index in [1.54, 1.807) is 23.1 Å². The van der Waals surface area contributed by atoms with Crippen LogP contribution in [-0.2, 0) is 29.1 Å². The van der Waals surface area contributed by atoms with E-state index in [1.165, 1.54) is 6.33 Å². The Labute approximate surface area is 167 Å². The number of carbonyl (C=O) groups is 2. The van der Waals surface area contributed by atoms with Gasteiger partial charge in [0.05, 0.1) is 6.54 Å².